The first-order valence-electron chi connectivity index (χ1n) is 8.13. The number of esters is 3. The highest BCUT2D eigenvalue weighted by atomic mass is 79.9. The smallest absolute Gasteiger partial charge is 0.342 e. The predicted octanol–water partition coefficient (Wildman–Crippen LogP) is 2.60. The van der Waals surface area contributed by atoms with Crippen molar-refractivity contribution in [2.75, 3.05) is 20.8 Å². The number of alkyl halides is 1. The van der Waals surface area contributed by atoms with E-state index in [0.29, 0.717) is 11.3 Å². The van der Waals surface area contributed by atoms with E-state index in [4.69, 9.17) is 18.9 Å². The van der Waals surface area contributed by atoms with Gasteiger partial charge in [0.25, 0.3) is 0 Å². The van der Waals surface area contributed by atoms with Gasteiger partial charge in [0, 0.05) is 19.1 Å². The molecule has 0 aliphatic heterocycles. The fourth-order valence-electron chi connectivity index (χ4n) is 2.04. The molecule has 2 unspecified atom stereocenters. The number of hydrogen-bond acceptors (Lipinski definition) is 7. The van der Waals surface area contributed by atoms with Crippen LogP contribution in [0.3, 0.4) is 0 Å². The van der Waals surface area contributed by atoms with Gasteiger partial charge in [-0.25, -0.2) is 9.59 Å². The lowest BCUT2D eigenvalue weighted by Crippen LogP contribution is -2.32. The van der Waals surface area contributed by atoms with Crippen LogP contribution in [0.2, 0.25) is 0 Å². The molecule has 0 N–H and O–H groups in total. The lowest BCUT2D eigenvalue weighted by Gasteiger charge is -2.17. The van der Waals surface area contributed by atoms with Crippen molar-refractivity contribution in [3.63, 3.8) is 0 Å². The van der Waals surface area contributed by atoms with Crippen LogP contribution < -0.4 is 4.74 Å². The van der Waals surface area contributed by atoms with E-state index in [0.717, 1.165) is 0 Å². The summed E-state index contributed by atoms with van der Waals surface area (Å²) < 4.78 is 20.0. The largest absolute Gasteiger partial charge is 0.497 e. The van der Waals surface area contributed by atoms with E-state index in [1.807, 2.05) is 0 Å². The van der Waals surface area contributed by atoms with Gasteiger partial charge >= 0.3 is 17.9 Å². The Balaban J connectivity index is 2.52. The highest BCUT2D eigenvalue weighted by molar-refractivity contribution is 9.09. The first-order valence-corrected chi connectivity index (χ1v) is 9.05. The van der Waals surface area contributed by atoms with Crippen LogP contribution in [-0.2, 0) is 35.0 Å². The van der Waals surface area contributed by atoms with Crippen LogP contribution in [0.5, 0.6) is 5.75 Å². The zero-order valence-electron chi connectivity index (χ0n) is 15.5. The molecule has 0 aliphatic rings. The zero-order chi connectivity index (χ0) is 20.4. The maximum Gasteiger partial charge on any atom is 0.342 e. The highest BCUT2D eigenvalue weighted by Gasteiger charge is 2.26. The van der Waals surface area contributed by atoms with Crippen molar-refractivity contribution < 1.29 is 33.3 Å². The van der Waals surface area contributed by atoms with Gasteiger partial charge < -0.3 is 18.9 Å². The molecular formula is C19H23BrO7. The second-order valence-electron chi connectivity index (χ2n) is 5.76. The van der Waals surface area contributed by atoms with Gasteiger partial charge in [0.2, 0.25) is 0 Å². The maximum absolute atomic E-state index is 12.1. The Hall–Kier alpha value is -2.19. The third-order valence-electron chi connectivity index (χ3n) is 3.46. The summed E-state index contributed by atoms with van der Waals surface area (Å²) in [6.07, 6.45) is -0.898. The summed E-state index contributed by atoms with van der Waals surface area (Å²) in [5.41, 5.74) is 0.937. The molecule has 0 spiro atoms. The molecule has 27 heavy (non-hydrogen) atoms. The van der Waals surface area contributed by atoms with Crippen LogP contribution in [0, 0.1) is 0 Å². The SMILES string of the molecule is C=C(C)C(=O)OCC(Br)CC(OC)C(=O)OC(=O)Cc1cccc(OC)c1. The minimum absolute atomic E-state index is 0.0244. The number of rotatable bonds is 10. The van der Waals surface area contributed by atoms with Gasteiger partial charge in [-0.05, 0) is 24.6 Å². The van der Waals surface area contributed by atoms with Crippen LogP contribution in [0.25, 0.3) is 0 Å². The Bertz CT molecular complexity index is 686. The number of ether oxygens (including phenoxy) is 4. The Labute approximate surface area is 166 Å². The van der Waals surface area contributed by atoms with Gasteiger partial charge in [-0.15, -0.1) is 0 Å². The highest BCUT2D eigenvalue weighted by Crippen LogP contribution is 2.15. The molecule has 0 fully saturated rings. The van der Waals surface area contributed by atoms with Crippen LogP contribution >= 0.6 is 15.9 Å². The van der Waals surface area contributed by atoms with E-state index in [1.54, 1.807) is 24.3 Å². The number of carbonyl (C=O) groups is 3. The second kappa shape index (κ2) is 11.5. The minimum Gasteiger partial charge on any atom is -0.497 e. The normalized spacial score (nSPS) is 12.6. The summed E-state index contributed by atoms with van der Waals surface area (Å²) in [7, 11) is 2.85. The van der Waals surface area contributed by atoms with Gasteiger partial charge in [0.1, 0.15) is 12.4 Å². The molecule has 0 radical (unpaired) electrons. The van der Waals surface area contributed by atoms with Gasteiger partial charge in [-0.2, -0.15) is 0 Å². The molecule has 2 atom stereocenters. The summed E-state index contributed by atoms with van der Waals surface area (Å²) in [5.74, 6) is -1.42. The summed E-state index contributed by atoms with van der Waals surface area (Å²) in [5, 5.41) is 0. The molecule has 0 aromatic heterocycles. The van der Waals surface area contributed by atoms with Gasteiger partial charge in [0.15, 0.2) is 6.10 Å². The Morgan fingerprint density at radius 1 is 1.22 bits per heavy atom. The van der Waals surface area contributed by atoms with Crippen molar-refractivity contribution in [3.05, 3.63) is 42.0 Å². The first-order chi connectivity index (χ1) is 12.8. The standard InChI is InChI=1S/C19H23BrO7/c1-12(2)18(22)26-11-14(20)10-16(25-4)19(23)27-17(21)9-13-6-5-7-15(8-13)24-3/h5-8,14,16H,1,9-11H2,2-4H3. The van der Waals surface area contributed by atoms with Crippen molar-refractivity contribution in [1.29, 1.82) is 0 Å². The van der Waals surface area contributed by atoms with Crippen molar-refractivity contribution >= 4 is 33.8 Å². The molecule has 0 bridgehead atoms. The molecule has 0 heterocycles. The van der Waals surface area contributed by atoms with E-state index in [9.17, 15) is 14.4 Å². The van der Waals surface area contributed by atoms with Crippen LogP contribution in [0.4, 0.5) is 0 Å². The zero-order valence-corrected chi connectivity index (χ0v) is 17.1. The Morgan fingerprint density at radius 3 is 2.52 bits per heavy atom. The molecule has 8 heteroatoms. The van der Waals surface area contributed by atoms with Crippen molar-refractivity contribution in [1.82, 2.24) is 0 Å². The second-order valence-corrected chi connectivity index (χ2v) is 7.05. The third kappa shape index (κ3) is 8.36. The molecule has 0 amide bonds. The minimum atomic E-state index is -0.979. The van der Waals surface area contributed by atoms with Crippen molar-refractivity contribution in [2.24, 2.45) is 0 Å². The molecule has 0 aliphatic carbocycles. The van der Waals surface area contributed by atoms with Gasteiger partial charge in [0.05, 0.1) is 18.4 Å². The lowest BCUT2D eigenvalue weighted by molar-refractivity contribution is -0.166. The Morgan fingerprint density at radius 2 is 1.93 bits per heavy atom. The number of carbonyl (C=O) groups excluding carboxylic acids is 3. The first kappa shape index (κ1) is 22.9. The molecule has 1 rings (SSSR count). The van der Waals surface area contributed by atoms with Crippen LogP contribution in [-0.4, -0.2) is 49.7 Å². The molecule has 1 aromatic rings. The number of hydrogen-bond donors (Lipinski definition) is 0. The van der Waals surface area contributed by atoms with E-state index < -0.39 is 24.0 Å². The van der Waals surface area contributed by atoms with Gasteiger partial charge in [-0.3, -0.25) is 4.79 Å². The van der Waals surface area contributed by atoms with E-state index in [1.165, 1.54) is 21.1 Å². The number of benzene rings is 1. The average Bonchev–Trinajstić information content (AvgIpc) is 2.63. The van der Waals surface area contributed by atoms with Crippen molar-refractivity contribution in [2.45, 2.75) is 30.7 Å². The quantitative estimate of drug-likeness (QED) is 0.238. The summed E-state index contributed by atoms with van der Waals surface area (Å²) in [6, 6.07) is 6.90. The maximum atomic E-state index is 12.1. The Kier molecular flexibility index (Phi) is 9.74. The fraction of sp³-hybridized carbons (Fsp3) is 0.421. The van der Waals surface area contributed by atoms with Crippen molar-refractivity contribution in [3.8, 4) is 5.75 Å². The molecule has 0 saturated carbocycles. The monoisotopic (exact) mass is 442 g/mol. The topological polar surface area (TPSA) is 88.1 Å². The number of methoxy groups -OCH3 is 2. The molecular weight excluding hydrogens is 420 g/mol. The lowest BCUT2D eigenvalue weighted by atomic mass is 10.1. The van der Waals surface area contributed by atoms with E-state index >= 15 is 0 Å². The van der Waals surface area contributed by atoms with Crippen LogP contribution in [0.15, 0.2) is 36.4 Å². The molecule has 148 valence electrons. The summed E-state index contributed by atoms with van der Waals surface area (Å²) in [6.45, 7) is 5.04. The van der Waals surface area contributed by atoms with E-state index in [-0.39, 0.29) is 29.8 Å². The summed E-state index contributed by atoms with van der Waals surface area (Å²) in [4.78, 5) is 35.2. The van der Waals surface area contributed by atoms with Gasteiger partial charge in [-0.1, -0.05) is 34.6 Å². The predicted molar refractivity (Wildman–Crippen MR) is 102 cm³/mol. The van der Waals surface area contributed by atoms with Crippen LogP contribution in [0.1, 0.15) is 18.9 Å². The van der Waals surface area contributed by atoms with E-state index in [2.05, 4.69) is 22.5 Å². The summed E-state index contributed by atoms with van der Waals surface area (Å²) >= 11 is 3.31. The molecule has 7 nitrogen and oxygen atoms in total. The molecule has 1 aromatic carbocycles. The molecule has 0 saturated heterocycles. The third-order valence-corrected chi connectivity index (χ3v) is 4.10. The average molecular weight is 443 g/mol. The fourth-order valence-corrected chi connectivity index (χ4v) is 2.51. The number of halogens is 1.